The maximum Gasteiger partial charge on any atom is 0.193 e. The average Bonchev–Trinajstić information content (AvgIpc) is 2.48. The number of ether oxygens (including phenoxy) is 1. The molecule has 20 heavy (non-hydrogen) atoms. The van der Waals surface area contributed by atoms with Crippen molar-refractivity contribution in [3.63, 3.8) is 0 Å². The molecule has 1 N–H and O–H groups in total. The first-order valence-corrected chi connectivity index (χ1v) is 7.43. The van der Waals surface area contributed by atoms with Crippen LogP contribution in [0.5, 0.6) is 5.75 Å². The molecule has 1 heterocycles. The number of nitrogens with zero attached hydrogens (tertiary/aromatic N) is 2. The maximum absolute atomic E-state index is 5.67. The van der Waals surface area contributed by atoms with E-state index in [1.54, 1.807) is 0 Å². The van der Waals surface area contributed by atoms with Gasteiger partial charge >= 0.3 is 0 Å². The standard InChI is InChI=1S/C16H25N3O/c1-14-7-6-11-19(13-14)16(17-2)18-10-12-20-15-8-4-3-5-9-15/h3-5,8-9,14H,6-7,10-13H2,1-2H3,(H,17,18). The molecular weight excluding hydrogens is 250 g/mol. The van der Waals surface area contributed by atoms with Crippen LogP contribution in [-0.2, 0) is 0 Å². The van der Waals surface area contributed by atoms with Gasteiger partial charge in [0.1, 0.15) is 12.4 Å². The Morgan fingerprint density at radius 2 is 2.20 bits per heavy atom. The lowest BCUT2D eigenvalue weighted by Gasteiger charge is -2.33. The summed E-state index contributed by atoms with van der Waals surface area (Å²) in [6.45, 7) is 5.92. The number of piperidine rings is 1. The van der Waals surface area contributed by atoms with E-state index in [1.807, 2.05) is 37.4 Å². The lowest BCUT2D eigenvalue weighted by molar-refractivity contribution is 0.262. The predicted molar refractivity (Wildman–Crippen MR) is 83.3 cm³/mol. The first kappa shape index (κ1) is 14.7. The van der Waals surface area contributed by atoms with Crippen molar-refractivity contribution in [2.24, 2.45) is 10.9 Å². The minimum atomic E-state index is 0.645. The van der Waals surface area contributed by atoms with Crippen LogP contribution in [0, 0.1) is 5.92 Å². The summed E-state index contributed by atoms with van der Waals surface area (Å²) < 4.78 is 5.67. The summed E-state index contributed by atoms with van der Waals surface area (Å²) in [5.41, 5.74) is 0. The first-order valence-electron chi connectivity index (χ1n) is 7.43. The van der Waals surface area contributed by atoms with Crippen molar-refractivity contribution in [1.82, 2.24) is 10.2 Å². The molecule has 0 saturated carbocycles. The van der Waals surface area contributed by atoms with E-state index in [-0.39, 0.29) is 0 Å². The molecule has 1 fully saturated rings. The van der Waals surface area contributed by atoms with Gasteiger partial charge in [-0.25, -0.2) is 0 Å². The molecule has 1 atom stereocenters. The first-order chi connectivity index (χ1) is 9.79. The number of para-hydroxylation sites is 1. The monoisotopic (exact) mass is 275 g/mol. The number of likely N-dealkylation sites (tertiary alicyclic amines) is 1. The molecule has 1 aromatic carbocycles. The highest BCUT2D eigenvalue weighted by Gasteiger charge is 2.18. The molecule has 0 radical (unpaired) electrons. The molecule has 0 bridgehead atoms. The Labute approximate surface area is 121 Å². The molecule has 4 heteroatoms. The molecular formula is C16H25N3O. The van der Waals surface area contributed by atoms with Crippen LogP contribution >= 0.6 is 0 Å². The number of hydrogen-bond acceptors (Lipinski definition) is 2. The minimum absolute atomic E-state index is 0.645. The van der Waals surface area contributed by atoms with Gasteiger partial charge in [-0.05, 0) is 30.9 Å². The van der Waals surface area contributed by atoms with Gasteiger partial charge in [-0.15, -0.1) is 0 Å². The van der Waals surface area contributed by atoms with Gasteiger partial charge in [0.15, 0.2) is 5.96 Å². The van der Waals surface area contributed by atoms with Crippen LogP contribution in [0.2, 0.25) is 0 Å². The van der Waals surface area contributed by atoms with Gasteiger partial charge in [-0.3, -0.25) is 4.99 Å². The highest BCUT2D eigenvalue weighted by Crippen LogP contribution is 2.15. The van der Waals surface area contributed by atoms with E-state index in [4.69, 9.17) is 4.74 Å². The van der Waals surface area contributed by atoms with Gasteiger partial charge in [0, 0.05) is 20.1 Å². The maximum atomic E-state index is 5.67. The van der Waals surface area contributed by atoms with Gasteiger partial charge < -0.3 is 15.0 Å². The second kappa shape index (κ2) is 7.78. The molecule has 0 aliphatic carbocycles. The van der Waals surface area contributed by atoms with E-state index in [0.29, 0.717) is 6.61 Å². The third-order valence-corrected chi connectivity index (χ3v) is 3.57. The molecule has 1 aromatic rings. The van der Waals surface area contributed by atoms with Crippen molar-refractivity contribution in [1.29, 1.82) is 0 Å². The smallest absolute Gasteiger partial charge is 0.193 e. The number of aliphatic imine (C=N–C) groups is 1. The van der Waals surface area contributed by atoms with E-state index in [9.17, 15) is 0 Å². The van der Waals surface area contributed by atoms with Gasteiger partial charge in [0.05, 0.1) is 6.54 Å². The van der Waals surface area contributed by atoms with Crippen LogP contribution in [-0.4, -0.2) is 44.1 Å². The van der Waals surface area contributed by atoms with Crippen LogP contribution in [0.25, 0.3) is 0 Å². The summed E-state index contributed by atoms with van der Waals surface area (Å²) in [5.74, 6) is 2.66. The second-order valence-corrected chi connectivity index (χ2v) is 5.33. The molecule has 0 spiro atoms. The quantitative estimate of drug-likeness (QED) is 0.521. The Hall–Kier alpha value is -1.71. The predicted octanol–water partition coefficient (Wildman–Crippen LogP) is 2.37. The van der Waals surface area contributed by atoms with Gasteiger partial charge in [-0.1, -0.05) is 25.1 Å². The van der Waals surface area contributed by atoms with Gasteiger partial charge in [0.25, 0.3) is 0 Å². The summed E-state index contributed by atoms with van der Waals surface area (Å²) in [7, 11) is 1.85. The molecule has 1 aliphatic rings. The Kier molecular flexibility index (Phi) is 5.71. The zero-order valence-electron chi connectivity index (χ0n) is 12.5. The van der Waals surface area contributed by atoms with Crippen LogP contribution in [0.4, 0.5) is 0 Å². The van der Waals surface area contributed by atoms with Crippen molar-refractivity contribution < 1.29 is 4.74 Å². The fourth-order valence-corrected chi connectivity index (χ4v) is 2.56. The average molecular weight is 275 g/mol. The van der Waals surface area contributed by atoms with Crippen LogP contribution < -0.4 is 10.1 Å². The summed E-state index contributed by atoms with van der Waals surface area (Å²) >= 11 is 0. The highest BCUT2D eigenvalue weighted by atomic mass is 16.5. The van der Waals surface area contributed by atoms with Crippen LogP contribution in [0.1, 0.15) is 19.8 Å². The Morgan fingerprint density at radius 1 is 1.40 bits per heavy atom. The molecule has 0 aromatic heterocycles. The van der Waals surface area contributed by atoms with E-state index >= 15 is 0 Å². The lowest BCUT2D eigenvalue weighted by Crippen LogP contribution is -2.47. The molecule has 1 aliphatic heterocycles. The molecule has 4 nitrogen and oxygen atoms in total. The third-order valence-electron chi connectivity index (χ3n) is 3.57. The van der Waals surface area contributed by atoms with E-state index in [2.05, 4.69) is 22.1 Å². The number of rotatable bonds is 4. The van der Waals surface area contributed by atoms with E-state index in [0.717, 1.165) is 37.3 Å². The normalized spacial score (nSPS) is 19.8. The van der Waals surface area contributed by atoms with Gasteiger partial charge in [-0.2, -0.15) is 0 Å². The number of nitrogens with one attached hydrogen (secondary N) is 1. The number of benzene rings is 1. The van der Waals surface area contributed by atoms with Crippen molar-refractivity contribution in [3.05, 3.63) is 30.3 Å². The number of hydrogen-bond donors (Lipinski definition) is 1. The van der Waals surface area contributed by atoms with Crippen molar-refractivity contribution in [2.45, 2.75) is 19.8 Å². The zero-order chi connectivity index (χ0) is 14.2. The molecule has 2 rings (SSSR count). The topological polar surface area (TPSA) is 36.9 Å². The molecule has 110 valence electrons. The summed E-state index contributed by atoms with van der Waals surface area (Å²) in [4.78, 5) is 6.71. The zero-order valence-corrected chi connectivity index (χ0v) is 12.5. The summed E-state index contributed by atoms with van der Waals surface area (Å²) in [6, 6.07) is 9.90. The van der Waals surface area contributed by atoms with Crippen molar-refractivity contribution in [3.8, 4) is 5.75 Å². The van der Waals surface area contributed by atoms with Crippen molar-refractivity contribution in [2.75, 3.05) is 33.3 Å². The molecule has 0 amide bonds. The lowest BCUT2D eigenvalue weighted by atomic mass is 10.0. The van der Waals surface area contributed by atoms with Crippen LogP contribution in [0.3, 0.4) is 0 Å². The number of guanidine groups is 1. The highest BCUT2D eigenvalue weighted by molar-refractivity contribution is 5.79. The van der Waals surface area contributed by atoms with E-state index < -0.39 is 0 Å². The minimum Gasteiger partial charge on any atom is -0.492 e. The molecule has 1 unspecified atom stereocenters. The fourth-order valence-electron chi connectivity index (χ4n) is 2.56. The molecule has 1 saturated heterocycles. The Balaban J connectivity index is 1.71. The van der Waals surface area contributed by atoms with Gasteiger partial charge in [0.2, 0.25) is 0 Å². The SMILES string of the molecule is CN=C(NCCOc1ccccc1)N1CCCC(C)C1. The fraction of sp³-hybridized carbons (Fsp3) is 0.562. The van der Waals surface area contributed by atoms with E-state index in [1.165, 1.54) is 12.8 Å². The van der Waals surface area contributed by atoms with Crippen molar-refractivity contribution >= 4 is 5.96 Å². The summed E-state index contributed by atoms with van der Waals surface area (Å²) in [6.07, 6.45) is 2.58. The van der Waals surface area contributed by atoms with Crippen LogP contribution in [0.15, 0.2) is 35.3 Å². The largest absolute Gasteiger partial charge is 0.492 e. The third kappa shape index (κ3) is 4.44. The summed E-state index contributed by atoms with van der Waals surface area (Å²) in [5, 5.41) is 3.38. The Morgan fingerprint density at radius 3 is 2.90 bits per heavy atom. The Bertz CT molecular complexity index is 419. The second-order valence-electron chi connectivity index (χ2n) is 5.33.